The third-order valence-corrected chi connectivity index (χ3v) is 5.73. The molecule has 1 aliphatic heterocycles. The number of hydrogen-bond donors (Lipinski definition) is 0. The van der Waals surface area contributed by atoms with Crippen molar-refractivity contribution in [1.29, 1.82) is 0 Å². The van der Waals surface area contributed by atoms with Crippen molar-refractivity contribution in [3.63, 3.8) is 0 Å². The molecular formula is C13H16ClNO3S. The summed E-state index contributed by atoms with van der Waals surface area (Å²) in [5.74, 6) is -0.0214. The number of aryl methyl sites for hydroxylation is 1. The predicted octanol–water partition coefficient (Wildman–Crippen LogP) is 2.25. The Hall–Kier alpha value is -0.910. The van der Waals surface area contributed by atoms with E-state index in [-0.39, 0.29) is 10.8 Å². The molecule has 0 bridgehead atoms. The Morgan fingerprint density at radius 1 is 1.32 bits per heavy atom. The van der Waals surface area contributed by atoms with Crippen molar-refractivity contribution in [3.8, 4) is 0 Å². The van der Waals surface area contributed by atoms with Crippen LogP contribution in [-0.4, -0.2) is 32.1 Å². The molecule has 0 saturated carbocycles. The van der Waals surface area contributed by atoms with Gasteiger partial charge in [-0.25, -0.2) is 8.42 Å². The third kappa shape index (κ3) is 2.99. The number of aldehydes is 1. The van der Waals surface area contributed by atoms with Gasteiger partial charge in [-0.2, -0.15) is 4.31 Å². The first kappa shape index (κ1) is 14.5. The van der Waals surface area contributed by atoms with E-state index in [1.54, 1.807) is 19.1 Å². The highest BCUT2D eigenvalue weighted by Crippen LogP contribution is 2.26. The van der Waals surface area contributed by atoms with Crippen molar-refractivity contribution >= 4 is 27.9 Å². The summed E-state index contributed by atoms with van der Waals surface area (Å²) < 4.78 is 26.5. The molecule has 0 amide bonds. The van der Waals surface area contributed by atoms with Crippen LogP contribution in [0.5, 0.6) is 0 Å². The molecule has 1 aromatic carbocycles. The zero-order valence-electron chi connectivity index (χ0n) is 10.7. The summed E-state index contributed by atoms with van der Waals surface area (Å²) in [6.07, 6.45) is 2.08. The molecule has 1 aliphatic rings. The lowest BCUT2D eigenvalue weighted by Crippen LogP contribution is -2.39. The molecule has 4 nitrogen and oxygen atoms in total. The topological polar surface area (TPSA) is 54.5 Å². The SMILES string of the molecule is Cc1ccc(Cl)cc1S(=O)(=O)N1CCC(C=O)CC1. The van der Waals surface area contributed by atoms with Crippen molar-refractivity contribution < 1.29 is 13.2 Å². The molecule has 6 heteroatoms. The number of carbonyl (C=O) groups is 1. The van der Waals surface area contributed by atoms with Gasteiger partial charge in [-0.15, -0.1) is 0 Å². The lowest BCUT2D eigenvalue weighted by atomic mass is 10.0. The molecule has 2 rings (SSSR count). The van der Waals surface area contributed by atoms with E-state index >= 15 is 0 Å². The van der Waals surface area contributed by atoms with Crippen molar-refractivity contribution in [3.05, 3.63) is 28.8 Å². The largest absolute Gasteiger partial charge is 0.303 e. The van der Waals surface area contributed by atoms with Gasteiger partial charge in [-0.1, -0.05) is 17.7 Å². The van der Waals surface area contributed by atoms with Crippen molar-refractivity contribution in [2.24, 2.45) is 5.92 Å². The summed E-state index contributed by atoms with van der Waals surface area (Å²) >= 11 is 5.88. The smallest absolute Gasteiger partial charge is 0.243 e. The van der Waals surface area contributed by atoms with E-state index in [2.05, 4.69) is 0 Å². The van der Waals surface area contributed by atoms with Gasteiger partial charge in [0.25, 0.3) is 0 Å². The van der Waals surface area contributed by atoms with Crippen LogP contribution in [0, 0.1) is 12.8 Å². The molecule has 0 N–H and O–H groups in total. The monoisotopic (exact) mass is 301 g/mol. The first-order valence-electron chi connectivity index (χ1n) is 6.17. The Kier molecular flexibility index (Phi) is 4.28. The maximum absolute atomic E-state index is 12.5. The summed E-state index contributed by atoms with van der Waals surface area (Å²) in [6.45, 7) is 2.52. The Morgan fingerprint density at radius 2 is 1.95 bits per heavy atom. The molecule has 0 unspecified atom stereocenters. The van der Waals surface area contributed by atoms with E-state index in [9.17, 15) is 13.2 Å². The van der Waals surface area contributed by atoms with Gasteiger partial charge < -0.3 is 4.79 Å². The van der Waals surface area contributed by atoms with E-state index in [1.165, 1.54) is 10.4 Å². The first-order chi connectivity index (χ1) is 8.95. The Morgan fingerprint density at radius 3 is 2.53 bits per heavy atom. The molecular weight excluding hydrogens is 286 g/mol. The second-order valence-electron chi connectivity index (χ2n) is 4.79. The summed E-state index contributed by atoms with van der Waals surface area (Å²) in [6, 6.07) is 4.86. The second-order valence-corrected chi connectivity index (χ2v) is 7.13. The number of hydrogen-bond acceptors (Lipinski definition) is 3. The fraction of sp³-hybridized carbons (Fsp3) is 0.462. The fourth-order valence-electron chi connectivity index (χ4n) is 2.24. The number of halogens is 1. The average Bonchev–Trinajstić information content (AvgIpc) is 2.41. The minimum Gasteiger partial charge on any atom is -0.303 e. The molecule has 1 saturated heterocycles. The van der Waals surface area contributed by atoms with Crippen LogP contribution >= 0.6 is 11.6 Å². The lowest BCUT2D eigenvalue weighted by Gasteiger charge is -2.29. The van der Waals surface area contributed by atoms with Crippen LogP contribution in [0.3, 0.4) is 0 Å². The maximum atomic E-state index is 12.5. The summed E-state index contributed by atoms with van der Waals surface area (Å²) in [5, 5.41) is 0.409. The van der Waals surface area contributed by atoms with E-state index in [0.29, 0.717) is 36.5 Å². The van der Waals surface area contributed by atoms with Crippen LogP contribution in [0.15, 0.2) is 23.1 Å². The van der Waals surface area contributed by atoms with E-state index in [0.717, 1.165) is 6.29 Å². The molecule has 1 aromatic rings. The maximum Gasteiger partial charge on any atom is 0.243 e. The number of piperidine rings is 1. The van der Waals surface area contributed by atoms with Crippen molar-refractivity contribution in [2.45, 2.75) is 24.7 Å². The van der Waals surface area contributed by atoms with Gasteiger partial charge in [0.15, 0.2) is 0 Å². The Balaban J connectivity index is 2.28. The highest BCUT2D eigenvalue weighted by molar-refractivity contribution is 7.89. The van der Waals surface area contributed by atoms with Crippen LogP contribution < -0.4 is 0 Å². The Bertz CT molecular complexity index is 578. The van der Waals surface area contributed by atoms with Gasteiger partial charge in [-0.3, -0.25) is 0 Å². The van der Waals surface area contributed by atoms with Crippen molar-refractivity contribution in [2.75, 3.05) is 13.1 Å². The van der Waals surface area contributed by atoms with E-state index in [1.807, 2.05) is 0 Å². The van der Waals surface area contributed by atoms with Gasteiger partial charge in [-0.05, 0) is 37.5 Å². The quantitative estimate of drug-likeness (QED) is 0.805. The van der Waals surface area contributed by atoms with Gasteiger partial charge in [0.2, 0.25) is 10.0 Å². The zero-order valence-corrected chi connectivity index (χ0v) is 12.2. The molecule has 0 radical (unpaired) electrons. The van der Waals surface area contributed by atoms with Gasteiger partial charge in [0, 0.05) is 24.0 Å². The van der Waals surface area contributed by atoms with E-state index in [4.69, 9.17) is 11.6 Å². The standard InChI is InChI=1S/C13H16ClNO3S/c1-10-2-3-12(14)8-13(10)19(17,18)15-6-4-11(9-16)5-7-15/h2-3,8-9,11H,4-7H2,1H3. The zero-order chi connectivity index (χ0) is 14.0. The molecule has 104 valence electrons. The first-order valence-corrected chi connectivity index (χ1v) is 7.98. The highest BCUT2D eigenvalue weighted by atomic mass is 35.5. The molecule has 0 spiro atoms. The van der Waals surface area contributed by atoms with Crippen LogP contribution in [0.25, 0.3) is 0 Å². The second kappa shape index (κ2) is 5.61. The van der Waals surface area contributed by atoms with E-state index < -0.39 is 10.0 Å². The summed E-state index contributed by atoms with van der Waals surface area (Å²) in [7, 11) is -3.51. The molecule has 1 fully saturated rings. The average molecular weight is 302 g/mol. The fourth-order valence-corrected chi connectivity index (χ4v) is 4.20. The minimum atomic E-state index is -3.51. The molecule has 0 aromatic heterocycles. The van der Waals surface area contributed by atoms with Gasteiger partial charge in [0.1, 0.15) is 6.29 Å². The number of benzene rings is 1. The summed E-state index contributed by atoms with van der Waals surface area (Å²) in [5.41, 5.74) is 0.682. The normalized spacial score (nSPS) is 18.4. The van der Waals surface area contributed by atoms with Crippen LogP contribution in [0.4, 0.5) is 0 Å². The highest BCUT2D eigenvalue weighted by Gasteiger charge is 2.30. The van der Waals surface area contributed by atoms with Gasteiger partial charge in [0.05, 0.1) is 4.90 Å². The van der Waals surface area contributed by atoms with Crippen molar-refractivity contribution in [1.82, 2.24) is 4.31 Å². The number of rotatable bonds is 3. The number of sulfonamides is 1. The predicted molar refractivity (Wildman–Crippen MR) is 73.7 cm³/mol. The number of carbonyl (C=O) groups excluding carboxylic acids is 1. The summed E-state index contributed by atoms with van der Waals surface area (Å²) in [4.78, 5) is 11.0. The lowest BCUT2D eigenvalue weighted by molar-refractivity contribution is -0.112. The molecule has 19 heavy (non-hydrogen) atoms. The third-order valence-electron chi connectivity index (χ3n) is 3.46. The van der Waals surface area contributed by atoms with Crippen LogP contribution in [0.1, 0.15) is 18.4 Å². The van der Waals surface area contributed by atoms with Crippen LogP contribution in [0.2, 0.25) is 5.02 Å². The van der Waals surface area contributed by atoms with Crippen LogP contribution in [-0.2, 0) is 14.8 Å². The Labute approximate surface area is 118 Å². The molecule has 1 heterocycles. The molecule has 0 atom stereocenters. The number of nitrogens with zero attached hydrogens (tertiary/aromatic N) is 1. The minimum absolute atomic E-state index is 0.0214. The van der Waals surface area contributed by atoms with Gasteiger partial charge >= 0.3 is 0 Å². The molecule has 0 aliphatic carbocycles.